The number of carbonyl (C=O) groups is 4. The van der Waals surface area contributed by atoms with Gasteiger partial charge in [-0.1, -0.05) is 0 Å². The standard InChI is InChI=1S/4C16H32O2.Sn/c4*1-4-7-9-10-12-15(16(17)18)13-14(6-3)11-8-5-2;/h4*14-15H,4-13H2,1-3H3,(H,17,18);/q;;;;+4/p-4. The summed E-state index contributed by atoms with van der Waals surface area (Å²) < 4.78 is 27.3. The molecule has 0 aromatic rings. The van der Waals surface area contributed by atoms with Crippen molar-refractivity contribution in [3.05, 3.63) is 0 Å². The van der Waals surface area contributed by atoms with Gasteiger partial charge in [-0.05, 0) is 0 Å². The van der Waals surface area contributed by atoms with Gasteiger partial charge < -0.3 is 0 Å². The molecule has 0 saturated carbocycles. The molecule has 73 heavy (non-hydrogen) atoms. The zero-order chi connectivity index (χ0) is 54.5. The molecule has 8 nitrogen and oxygen atoms in total. The maximum absolute atomic E-state index is 15.4. The van der Waals surface area contributed by atoms with Crippen molar-refractivity contribution in [1.29, 1.82) is 0 Å². The van der Waals surface area contributed by atoms with Crippen molar-refractivity contribution in [1.82, 2.24) is 0 Å². The van der Waals surface area contributed by atoms with Gasteiger partial charge in [0.1, 0.15) is 0 Å². The molecule has 8 unspecified atom stereocenters. The molecule has 0 saturated heterocycles. The van der Waals surface area contributed by atoms with E-state index in [4.69, 9.17) is 12.3 Å². The van der Waals surface area contributed by atoms with E-state index in [-0.39, 0.29) is 0 Å². The fourth-order valence-electron chi connectivity index (χ4n) is 11.1. The van der Waals surface area contributed by atoms with Crippen molar-refractivity contribution in [3.8, 4) is 0 Å². The molecule has 0 amide bonds. The Morgan fingerprint density at radius 2 is 0.452 bits per heavy atom. The summed E-state index contributed by atoms with van der Waals surface area (Å²) in [5, 5.41) is 0. The summed E-state index contributed by atoms with van der Waals surface area (Å²) in [6.45, 7) is 26.4. The van der Waals surface area contributed by atoms with Crippen LogP contribution in [0.2, 0.25) is 0 Å². The summed E-state index contributed by atoms with van der Waals surface area (Å²) in [7, 11) is 0. The first-order valence-corrected chi connectivity index (χ1v) is 36.9. The van der Waals surface area contributed by atoms with E-state index in [9.17, 15) is 0 Å². The van der Waals surface area contributed by atoms with Crippen molar-refractivity contribution < 1.29 is 31.5 Å². The molecule has 0 heterocycles. The molecule has 0 aliphatic carbocycles. The van der Waals surface area contributed by atoms with Crippen LogP contribution in [-0.4, -0.2) is 43.9 Å². The zero-order valence-corrected chi connectivity index (χ0v) is 53.5. The first-order chi connectivity index (χ1) is 35.3. The molecule has 0 N–H and O–H groups in total. The topological polar surface area (TPSA) is 105 Å². The van der Waals surface area contributed by atoms with Crippen LogP contribution in [0.4, 0.5) is 0 Å². The molecule has 0 bridgehead atoms. The minimum atomic E-state index is -6.43. The van der Waals surface area contributed by atoms with Crippen LogP contribution in [0, 0.1) is 47.3 Å². The quantitative estimate of drug-likeness (QED) is 0.0438. The van der Waals surface area contributed by atoms with E-state index in [1.807, 2.05) is 0 Å². The van der Waals surface area contributed by atoms with Gasteiger partial charge in [0.2, 0.25) is 0 Å². The minimum absolute atomic E-state index is 0.311. The molecule has 0 aromatic carbocycles. The summed E-state index contributed by atoms with van der Waals surface area (Å²) in [6, 6.07) is 0. The molecular weight excluding hydrogens is 1020 g/mol. The predicted molar refractivity (Wildman–Crippen MR) is 311 cm³/mol. The van der Waals surface area contributed by atoms with Gasteiger partial charge in [0.15, 0.2) is 0 Å². The molecule has 0 radical (unpaired) electrons. The van der Waals surface area contributed by atoms with Gasteiger partial charge in [-0.2, -0.15) is 0 Å². The molecule has 0 aliphatic heterocycles. The SMILES string of the molecule is CCCCCCC(CC(CC)CCCC)C(=O)[O][Sn]([O]C(=O)C(CCCCCC)CC(CC)CCCC)([O]C(=O)C(CCCCCC)CC(CC)CCCC)[O]C(=O)C(CCCCCC)CC(CC)CCCC. The van der Waals surface area contributed by atoms with Crippen LogP contribution < -0.4 is 0 Å². The third kappa shape index (κ3) is 34.2. The van der Waals surface area contributed by atoms with Crippen LogP contribution in [-0.2, 0) is 31.5 Å². The second-order valence-corrected chi connectivity index (χ2v) is 28.2. The van der Waals surface area contributed by atoms with Crippen LogP contribution in [0.25, 0.3) is 0 Å². The molecular formula is C64H124O8Sn. The Kier molecular flexibility index (Phi) is 47.0. The van der Waals surface area contributed by atoms with Crippen LogP contribution in [0.15, 0.2) is 0 Å². The predicted octanol–water partition coefficient (Wildman–Crippen LogP) is 20.4. The number of rotatable bonds is 52. The Bertz CT molecular complexity index is 1120. The van der Waals surface area contributed by atoms with E-state index < -0.39 is 67.6 Å². The van der Waals surface area contributed by atoms with Crippen LogP contribution in [0.5, 0.6) is 0 Å². The van der Waals surface area contributed by atoms with E-state index in [1.54, 1.807) is 0 Å². The van der Waals surface area contributed by atoms with Gasteiger partial charge in [-0.15, -0.1) is 0 Å². The molecule has 9 heteroatoms. The molecule has 0 rings (SSSR count). The van der Waals surface area contributed by atoms with Crippen LogP contribution >= 0.6 is 0 Å². The fourth-order valence-corrected chi connectivity index (χ4v) is 16.5. The Balaban J connectivity index is 8.35. The summed E-state index contributed by atoms with van der Waals surface area (Å²) in [4.78, 5) is 61.7. The summed E-state index contributed by atoms with van der Waals surface area (Å²) in [5.74, 6) is -2.84. The van der Waals surface area contributed by atoms with Crippen molar-refractivity contribution >= 4 is 43.9 Å². The third-order valence-corrected chi connectivity index (χ3v) is 21.7. The Hall–Kier alpha value is -1.32. The molecule has 0 aliphatic rings. The maximum atomic E-state index is 15.4. The van der Waals surface area contributed by atoms with Gasteiger partial charge in [-0.3, -0.25) is 0 Å². The Morgan fingerprint density at radius 3 is 0.616 bits per heavy atom. The summed E-state index contributed by atoms with van der Waals surface area (Å²) in [5.41, 5.74) is 0. The van der Waals surface area contributed by atoms with E-state index in [1.165, 1.54) is 0 Å². The second-order valence-electron chi connectivity index (χ2n) is 23.0. The number of unbranched alkanes of at least 4 members (excludes halogenated alkanes) is 16. The average molecular weight is 1140 g/mol. The Morgan fingerprint density at radius 1 is 0.260 bits per heavy atom. The fraction of sp³-hybridized carbons (Fsp3) is 0.938. The number of hydrogen-bond acceptors (Lipinski definition) is 8. The van der Waals surface area contributed by atoms with E-state index >= 15 is 19.2 Å². The first kappa shape index (κ1) is 71.7. The van der Waals surface area contributed by atoms with Crippen molar-refractivity contribution in [2.24, 2.45) is 47.3 Å². The van der Waals surface area contributed by atoms with Gasteiger partial charge in [0, 0.05) is 0 Å². The van der Waals surface area contributed by atoms with Crippen molar-refractivity contribution in [3.63, 3.8) is 0 Å². The van der Waals surface area contributed by atoms with Gasteiger partial charge in [0.05, 0.1) is 0 Å². The van der Waals surface area contributed by atoms with Crippen molar-refractivity contribution in [2.45, 2.75) is 340 Å². The number of carbonyl (C=O) groups excluding carboxylic acids is 4. The summed E-state index contributed by atoms with van der Waals surface area (Å²) >= 11 is -6.43. The molecule has 0 fully saturated rings. The second kappa shape index (κ2) is 47.9. The van der Waals surface area contributed by atoms with Crippen LogP contribution in [0.1, 0.15) is 340 Å². The third-order valence-electron chi connectivity index (χ3n) is 16.5. The van der Waals surface area contributed by atoms with Gasteiger partial charge in [0.25, 0.3) is 0 Å². The average Bonchev–Trinajstić information content (AvgIpc) is 3.38. The normalized spacial score (nSPS) is 15.8. The number of hydrogen-bond donors (Lipinski definition) is 0. The first-order valence-electron chi connectivity index (χ1n) is 32.3. The molecule has 432 valence electrons. The van der Waals surface area contributed by atoms with Crippen LogP contribution in [0.3, 0.4) is 0 Å². The van der Waals surface area contributed by atoms with Gasteiger partial charge >= 0.3 is 463 Å². The van der Waals surface area contributed by atoms with Crippen molar-refractivity contribution in [2.75, 3.05) is 0 Å². The monoisotopic (exact) mass is 1140 g/mol. The summed E-state index contributed by atoms with van der Waals surface area (Å²) in [6.07, 6.45) is 37.6. The Labute approximate surface area is 460 Å². The van der Waals surface area contributed by atoms with E-state index in [0.29, 0.717) is 75.0 Å². The van der Waals surface area contributed by atoms with Gasteiger partial charge in [-0.25, -0.2) is 0 Å². The zero-order valence-electron chi connectivity index (χ0n) is 50.7. The van der Waals surface area contributed by atoms with E-state index in [0.717, 1.165) is 205 Å². The van der Waals surface area contributed by atoms with E-state index in [2.05, 4.69) is 83.1 Å². The molecule has 8 atom stereocenters. The molecule has 0 spiro atoms. The molecule has 0 aromatic heterocycles.